The summed E-state index contributed by atoms with van der Waals surface area (Å²) in [6.45, 7) is 1.55. The van der Waals surface area contributed by atoms with Crippen molar-refractivity contribution in [3.8, 4) is 5.75 Å². The van der Waals surface area contributed by atoms with Gasteiger partial charge in [0, 0.05) is 6.07 Å². The molecular weight excluding hydrogens is 276 g/mol. The Labute approximate surface area is 122 Å². The number of aryl methyl sites for hydroxylation is 1. The van der Waals surface area contributed by atoms with Gasteiger partial charge in [0.1, 0.15) is 6.61 Å². The van der Waals surface area contributed by atoms with Gasteiger partial charge in [-0.15, -0.1) is 0 Å². The smallest absolute Gasteiger partial charge is 0.327 e. The van der Waals surface area contributed by atoms with Gasteiger partial charge in [0.25, 0.3) is 0 Å². The van der Waals surface area contributed by atoms with E-state index in [0.717, 1.165) is 12.8 Å². The van der Waals surface area contributed by atoms with Crippen molar-refractivity contribution in [3.63, 3.8) is 0 Å². The van der Waals surface area contributed by atoms with Crippen LogP contribution in [0.15, 0.2) is 18.2 Å². The molecule has 1 aromatic carbocycles. The van der Waals surface area contributed by atoms with E-state index < -0.39 is 16.4 Å². The molecule has 0 spiro atoms. The molecule has 0 aromatic heterocycles. The first-order chi connectivity index (χ1) is 9.92. The van der Waals surface area contributed by atoms with Gasteiger partial charge in [0.2, 0.25) is 0 Å². The van der Waals surface area contributed by atoms with Crippen molar-refractivity contribution in [2.75, 3.05) is 13.7 Å². The molecule has 0 bridgehead atoms. The Morgan fingerprint density at radius 1 is 1.57 bits per heavy atom. The van der Waals surface area contributed by atoms with E-state index in [9.17, 15) is 20.0 Å². The minimum atomic E-state index is -1.20. The number of hydrogen-bond donors (Lipinski definition) is 2. The summed E-state index contributed by atoms with van der Waals surface area (Å²) >= 11 is 0. The lowest BCUT2D eigenvalue weighted by atomic mass is 9.94. The lowest BCUT2D eigenvalue weighted by Crippen LogP contribution is -2.56. The molecule has 0 heterocycles. The van der Waals surface area contributed by atoms with Gasteiger partial charge in [0.15, 0.2) is 11.3 Å². The molecule has 1 aromatic rings. The second kappa shape index (κ2) is 5.69. The fourth-order valence-electron chi connectivity index (χ4n) is 2.47. The van der Waals surface area contributed by atoms with Crippen molar-refractivity contribution < 1.29 is 19.6 Å². The second-order valence-electron chi connectivity index (χ2n) is 5.27. The van der Waals surface area contributed by atoms with Crippen LogP contribution in [0.5, 0.6) is 5.75 Å². The van der Waals surface area contributed by atoms with Gasteiger partial charge in [-0.3, -0.25) is 14.9 Å². The minimum Gasteiger partial charge on any atom is -0.484 e. The Morgan fingerprint density at radius 3 is 2.71 bits per heavy atom. The molecular formula is C14H18N2O5. The number of ether oxygens (including phenoxy) is 1. The fourth-order valence-corrected chi connectivity index (χ4v) is 2.47. The largest absolute Gasteiger partial charge is 0.484 e. The van der Waals surface area contributed by atoms with Gasteiger partial charge in [-0.25, -0.2) is 0 Å². The molecule has 21 heavy (non-hydrogen) atoms. The summed E-state index contributed by atoms with van der Waals surface area (Å²) < 4.78 is 5.56. The summed E-state index contributed by atoms with van der Waals surface area (Å²) in [5.41, 5.74) is -0.743. The van der Waals surface area contributed by atoms with Crippen molar-refractivity contribution in [2.24, 2.45) is 5.92 Å². The van der Waals surface area contributed by atoms with Crippen molar-refractivity contribution in [2.45, 2.75) is 25.3 Å². The highest BCUT2D eigenvalue weighted by molar-refractivity contribution is 5.80. The van der Waals surface area contributed by atoms with E-state index in [1.165, 1.54) is 6.07 Å². The average molecular weight is 294 g/mol. The van der Waals surface area contributed by atoms with Crippen LogP contribution in [-0.2, 0) is 4.79 Å². The maximum atomic E-state index is 11.6. The van der Waals surface area contributed by atoms with Crippen LogP contribution in [0.2, 0.25) is 0 Å². The zero-order valence-electron chi connectivity index (χ0n) is 12.0. The zero-order chi connectivity index (χ0) is 15.6. The van der Waals surface area contributed by atoms with Crippen LogP contribution in [0.3, 0.4) is 0 Å². The summed E-state index contributed by atoms with van der Waals surface area (Å²) in [6.07, 6.45) is 1.62. The predicted molar refractivity (Wildman–Crippen MR) is 75.5 cm³/mol. The van der Waals surface area contributed by atoms with E-state index >= 15 is 0 Å². The second-order valence-corrected chi connectivity index (χ2v) is 5.27. The molecule has 1 aliphatic rings. The quantitative estimate of drug-likeness (QED) is 0.586. The van der Waals surface area contributed by atoms with Crippen LogP contribution < -0.4 is 10.1 Å². The first-order valence-electron chi connectivity index (χ1n) is 6.71. The summed E-state index contributed by atoms with van der Waals surface area (Å²) in [7, 11) is 1.57. The topological polar surface area (TPSA) is 102 Å². The van der Waals surface area contributed by atoms with Gasteiger partial charge >= 0.3 is 11.7 Å². The third-order valence-corrected chi connectivity index (χ3v) is 3.93. The SMILES string of the molecule is CNC(COc1c(C)cccc1[N+](=O)[O-])(C(=O)O)C1CC1. The Morgan fingerprint density at radius 2 is 2.24 bits per heavy atom. The molecule has 114 valence electrons. The van der Waals surface area contributed by atoms with Crippen LogP contribution in [0, 0.1) is 23.0 Å². The number of carbonyl (C=O) groups is 1. The molecule has 0 radical (unpaired) electrons. The van der Waals surface area contributed by atoms with Gasteiger partial charge in [0.05, 0.1) is 4.92 Å². The molecule has 1 unspecified atom stereocenters. The normalized spacial score (nSPS) is 17.0. The number of benzene rings is 1. The highest BCUT2D eigenvalue weighted by Gasteiger charge is 2.51. The van der Waals surface area contributed by atoms with Crippen molar-refractivity contribution >= 4 is 11.7 Å². The molecule has 2 rings (SSSR count). The molecule has 0 aliphatic heterocycles. The number of hydrogen-bond acceptors (Lipinski definition) is 5. The maximum absolute atomic E-state index is 11.6. The fraction of sp³-hybridized carbons (Fsp3) is 0.500. The van der Waals surface area contributed by atoms with Crippen LogP contribution >= 0.6 is 0 Å². The molecule has 0 amide bonds. The highest BCUT2D eigenvalue weighted by Crippen LogP contribution is 2.41. The summed E-state index contributed by atoms with van der Waals surface area (Å²) in [6, 6.07) is 4.62. The van der Waals surface area contributed by atoms with Crippen LogP contribution in [0.1, 0.15) is 18.4 Å². The molecule has 1 aliphatic carbocycles. The van der Waals surface area contributed by atoms with Gasteiger partial charge in [-0.1, -0.05) is 12.1 Å². The monoisotopic (exact) mass is 294 g/mol. The number of carboxylic acids is 1. The van der Waals surface area contributed by atoms with Crippen molar-refractivity contribution in [3.05, 3.63) is 33.9 Å². The van der Waals surface area contributed by atoms with Gasteiger partial charge < -0.3 is 15.2 Å². The summed E-state index contributed by atoms with van der Waals surface area (Å²) in [4.78, 5) is 22.1. The standard InChI is InChI=1S/C14H18N2O5/c1-9-4-3-5-11(16(19)20)12(9)21-8-14(15-2,13(17)18)10-6-7-10/h3-5,10,15H,6-8H2,1-2H3,(H,17,18). The van der Waals surface area contributed by atoms with Crippen LogP contribution in [-0.4, -0.2) is 35.2 Å². The first-order valence-corrected chi connectivity index (χ1v) is 6.71. The van der Waals surface area contributed by atoms with Crippen molar-refractivity contribution in [1.29, 1.82) is 0 Å². The number of para-hydroxylation sites is 1. The predicted octanol–water partition coefficient (Wildman–Crippen LogP) is 1.73. The third-order valence-electron chi connectivity index (χ3n) is 3.93. The number of likely N-dealkylation sites (N-methyl/N-ethyl adjacent to an activating group) is 1. The number of nitro benzene ring substituents is 1. The molecule has 0 saturated heterocycles. The van der Waals surface area contributed by atoms with E-state index in [2.05, 4.69) is 5.32 Å². The maximum Gasteiger partial charge on any atom is 0.327 e. The molecule has 1 saturated carbocycles. The van der Waals surface area contributed by atoms with E-state index in [0.29, 0.717) is 5.56 Å². The van der Waals surface area contributed by atoms with E-state index in [1.807, 2.05) is 0 Å². The lowest BCUT2D eigenvalue weighted by Gasteiger charge is -2.29. The lowest BCUT2D eigenvalue weighted by molar-refractivity contribution is -0.386. The molecule has 1 fully saturated rings. The summed E-state index contributed by atoms with van der Waals surface area (Å²) in [5.74, 6) is -0.879. The van der Waals surface area contributed by atoms with E-state index in [1.54, 1.807) is 26.1 Å². The first kappa shape index (κ1) is 15.2. The highest BCUT2D eigenvalue weighted by atomic mass is 16.6. The van der Waals surface area contributed by atoms with Crippen LogP contribution in [0.4, 0.5) is 5.69 Å². The molecule has 7 heteroatoms. The Hall–Kier alpha value is -2.15. The average Bonchev–Trinajstić information content (AvgIpc) is 3.25. The van der Waals surface area contributed by atoms with Crippen LogP contribution in [0.25, 0.3) is 0 Å². The minimum absolute atomic E-state index is 0.0110. The number of nitro groups is 1. The zero-order valence-corrected chi connectivity index (χ0v) is 12.0. The molecule has 7 nitrogen and oxygen atoms in total. The van der Waals surface area contributed by atoms with Gasteiger partial charge in [-0.2, -0.15) is 0 Å². The molecule has 2 N–H and O–H groups in total. The Kier molecular flexibility index (Phi) is 4.13. The van der Waals surface area contributed by atoms with E-state index in [-0.39, 0.29) is 24.0 Å². The van der Waals surface area contributed by atoms with E-state index in [4.69, 9.17) is 4.74 Å². The number of carboxylic acid groups (broad SMARTS) is 1. The van der Waals surface area contributed by atoms with Gasteiger partial charge in [-0.05, 0) is 38.3 Å². The number of nitrogens with one attached hydrogen (secondary N) is 1. The number of rotatable bonds is 7. The summed E-state index contributed by atoms with van der Waals surface area (Å²) in [5, 5.41) is 23.3. The van der Waals surface area contributed by atoms with Crippen molar-refractivity contribution in [1.82, 2.24) is 5.32 Å². The Bertz CT molecular complexity index is 570. The number of nitrogens with zero attached hydrogens (tertiary/aromatic N) is 1. The Balaban J connectivity index is 2.26. The number of aliphatic carboxylic acids is 1. The third kappa shape index (κ3) is 2.82. The molecule has 1 atom stereocenters.